The van der Waals surface area contributed by atoms with E-state index in [1.165, 1.54) is 31.6 Å². The van der Waals surface area contributed by atoms with Gasteiger partial charge in [-0.25, -0.2) is 0 Å². The lowest BCUT2D eigenvalue weighted by Gasteiger charge is -2.27. The second-order valence-corrected chi connectivity index (χ2v) is 5.09. The van der Waals surface area contributed by atoms with Gasteiger partial charge in [0.25, 0.3) is 5.91 Å². The summed E-state index contributed by atoms with van der Waals surface area (Å²) in [6, 6.07) is -0.626. The summed E-state index contributed by atoms with van der Waals surface area (Å²) < 4.78 is 43.9. The molecule has 0 bridgehead atoms. The minimum absolute atomic E-state index is 0.0298. The fourth-order valence-electron chi connectivity index (χ4n) is 1.79. The number of ether oxygens (including phenoxy) is 1. The number of carbonyl (C=O) groups is 2. The lowest BCUT2D eigenvalue weighted by molar-refractivity contribution is -0.165. The number of aryl methyl sites for hydroxylation is 1. The number of hydrogen-bond acceptors (Lipinski definition) is 4. The van der Waals surface area contributed by atoms with Crippen molar-refractivity contribution in [3.8, 4) is 5.75 Å². The van der Waals surface area contributed by atoms with E-state index in [1.807, 2.05) is 0 Å². The molecular weight excluding hydrogens is 303 g/mol. The van der Waals surface area contributed by atoms with E-state index in [-0.39, 0.29) is 17.2 Å². The monoisotopic (exact) mass is 321 g/mol. The normalized spacial score (nSPS) is 11.6. The summed E-state index contributed by atoms with van der Waals surface area (Å²) in [7, 11) is 1.56. The number of Topliss-reactive ketones (excluding diaryl/α,β-unsaturated/α-hetero) is 1. The first-order valence-electron chi connectivity index (χ1n) is 6.55. The zero-order chi connectivity index (χ0) is 17.1. The maximum Gasteiger partial charge on any atom is 0.406 e. The fourth-order valence-corrected chi connectivity index (χ4v) is 1.79. The molecule has 0 N–H and O–H groups in total. The van der Waals surface area contributed by atoms with Gasteiger partial charge in [0.05, 0.1) is 6.20 Å². The van der Waals surface area contributed by atoms with E-state index < -0.39 is 31.3 Å². The zero-order valence-electron chi connectivity index (χ0n) is 12.8. The number of halogens is 3. The van der Waals surface area contributed by atoms with Gasteiger partial charge in [-0.1, -0.05) is 0 Å². The summed E-state index contributed by atoms with van der Waals surface area (Å²) in [5, 5.41) is 3.86. The van der Waals surface area contributed by atoms with Gasteiger partial charge in [0.2, 0.25) is 0 Å². The second-order valence-electron chi connectivity index (χ2n) is 5.09. The van der Waals surface area contributed by atoms with Crippen LogP contribution in [0.25, 0.3) is 0 Å². The Hall–Kier alpha value is -2.06. The number of rotatable bonds is 6. The molecule has 0 radical (unpaired) electrons. The molecule has 22 heavy (non-hydrogen) atoms. The first-order chi connectivity index (χ1) is 10.0. The van der Waals surface area contributed by atoms with Crippen LogP contribution in [0.15, 0.2) is 6.20 Å². The van der Waals surface area contributed by atoms with Crippen molar-refractivity contribution in [2.45, 2.75) is 33.0 Å². The van der Waals surface area contributed by atoms with Crippen LogP contribution < -0.4 is 4.74 Å². The van der Waals surface area contributed by atoms with E-state index in [1.54, 1.807) is 7.05 Å². The van der Waals surface area contributed by atoms with Gasteiger partial charge in [-0.05, 0) is 13.8 Å². The third kappa shape index (κ3) is 5.05. The summed E-state index contributed by atoms with van der Waals surface area (Å²) in [4.78, 5) is 23.9. The number of amides is 1. The molecule has 0 aliphatic heterocycles. The predicted octanol–water partition coefficient (Wildman–Crippen LogP) is 1.80. The summed E-state index contributed by atoms with van der Waals surface area (Å²) in [5.41, 5.74) is 0.0298. The highest BCUT2D eigenvalue weighted by Crippen LogP contribution is 2.20. The van der Waals surface area contributed by atoms with Crippen molar-refractivity contribution in [1.29, 1.82) is 0 Å². The predicted molar refractivity (Wildman–Crippen MR) is 71.6 cm³/mol. The minimum atomic E-state index is -4.49. The van der Waals surface area contributed by atoms with Gasteiger partial charge >= 0.3 is 6.18 Å². The SMILES string of the molecule is CC(=O)c1nn(C)cc1OCC(=O)N(CC(F)(F)F)C(C)C. The van der Waals surface area contributed by atoms with Crippen molar-refractivity contribution in [2.24, 2.45) is 7.05 Å². The molecule has 1 aromatic rings. The van der Waals surface area contributed by atoms with Gasteiger partial charge in [0.15, 0.2) is 23.8 Å². The molecule has 0 aliphatic carbocycles. The standard InChI is InChI=1S/C13H18F3N3O3/c1-8(2)19(7-13(14,15)16)11(21)6-22-10-5-18(4)17-12(10)9(3)20/h5,8H,6-7H2,1-4H3. The quantitative estimate of drug-likeness (QED) is 0.750. The van der Waals surface area contributed by atoms with Crippen molar-refractivity contribution < 1.29 is 27.5 Å². The number of carbonyl (C=O) groups excluding carboxylic acids is 2. The molecule has 0 aliphatic rings. The van der Waals surface area contributed by atoms with Gasteiger partial charge < -0.3 is 9.64 Å². The molecule has 0 aromatic carbocycles. The number of hydrogen-bond donors (Lipinski definition) is 0. The molecule has 0 spiro atoms. The first kappa shape index (κ1) is 18.0. The molecule has 1 amide bonds. The Kier molecular flexibility index (Phi) is 5.56. The van der Waals surface area contributed by atoms with Crippen LogP contribution in [0.3, 0.4) is 0 Å². The molecule has 9 heteroatoms. The van der Waals surface area contributed by atoms with Crippen molar-refractivity contribution in [3.63, 3.8) is 0 Å². The highest BCUT2D eigenvalue weighted by molar-refractivity contribution is 5.94. The van der Waals surface area contributed by atoms with Gasteiger partial charge in [0, 0.05) is 20.0 Å². The maximum absolute atomic E-state index is 12.5. The largest absolute Gasteiger partial charge is 0.480 e. The lowest BCUT2D eigenvalue weighted by Crippen LogP contribution is -2.45. The molecule has 1 aromatic heterocycles. The van der Waals surface area contributed by atoms with Crippen LogP contribution in [-0.2, 0) is 11.8 Å². The van der Waals surface area contributed by atoms with E-state index in [9.17, 15) is 22.8 Å². The number of ketones is 1. The Balaban J connectivity index is 2.77. The Morgan fingerprint density at radius 2 is 2.00 bits per heavy atom. The Morgan fingerprint density at radius 3 is 2.45 bits per heavy atom. The van der Waals surface area contributed by atoms with Crippen LogP contribution in [0.2, 0.25) is 0 Å². The molecule has 0 fully saturated rings. The molecule has 6 nitrogen and oxygen atoms in total. The summed E-state index contributed by atoms with van der Waals surface area (Å²) in [6.45, 7) is 2.30. The number of aromatic nitrogens is 2. The van der Waals surface area contributed by atoms with E-state index >= 15 is 0 Å². The van der Waals surface area contributed by atoms with E-state index in [2.05, 4.69) is 5.10 Å². The Morgan fingerprint density at radius 1 is 1.41 bits per heavy atom. The number of nitrogens with zero attached hydrogens (tertiary/aromatic N) is 3. The summed E-state index contributed by atoms with van der Waals surface area (Å²) >= 11 is 0. The Bertz CT molecular complexity index is 552. The topological polar surface area (TPSA) is 64.4 Å². The maximum atomic E-state index is 12.5. The summed E-state index contributed by atoms with van der Waals surface area (Å²) in [5.74, 6) is -1.11. The van der Waals surface area contributed by atoms with Gasteiger partial charge in [-0.15, -0.1) is 0 Å². The van der Waals surface area contributed by atoms with E-state index in [0.29, 0.717) is 4.90 Å². The molecule has 0 saturated heterocycles. The third-order valence-corrected chi connectivity index (χ3v) is 2.77. The molecule has 0 atom stereocenters. The first-order valence-corrected chi connectivity index (χ1v) is 6.55. The average molecular weight is 321 g/mol. The van der Waals surface area contributed by atoms with Crippen LogP contribution in [0.5, 0.6) is 5.75 Å². The van der Waals surface area contributed by atoms with Crippen LogP contribution in [0.4, 0.5) is 13.2 Å². The second kappa shape index (κ2) is 6.80. The number of alkyl halides is 3. The van der Waals surface area contributed by atoms with Crippen molar-refractivity contribution >= 4 is 11.7 Å². The molecule has 1 rings (SSSR count). The lowest BCUT2D eigenvalue weighted by atomic mass is 10.3. The molecular formula is C13H18F3N3O3. The minimum Gasteiger partial charge on any atom is -0.480 e. The molecule has 1 heterocycles. The van der Waals surface area contributed by atoms with Crippen LogP contribution >= 0.6 is 0 Å². The zero-order valence-corrected chi connectivity index (χ0v) is 12.8. The fraction of sp³-hybridized carbons (Fsp3) is 0.615. The van der Waals surface area contributed by atoms with Crippen LogP contribution in [0.1, 0.15) is 31.3 Å². The molecule has 124 valence electrons. The van der Waals surface area contributed by atoms with E-state index in [4.69, 9.17) is 4.74 Å². The van der Waals surface area contributed by atoms with Gasteiger partial charge in [0.1, 0.15) is 6.54 Å². The van der Waals surface area contributed by atoms with Gasteiger partial charge in [-0.2, -0.15) is 18.3 Å². The van der Waals surface area contributed by atoms with Crippen LogP contribution in [-0.4, -0.2) is 51.7 Å². The third-order valence-electron chi connectivity index (χ3n) is 2.77. The Labute approximate surface area is 125 Å². The van der Waals surface area contributed by atoms with Crippen molar-refractivity contribution in [1.82, 2.24) is 14.7 Å². The highest BCUT2D eigenvalue weighted by Gasteiger charge is 2.34. The van der Waals surface area contributed by atoms with Crippen molar-refractivity contribution in [3.05, 3.63) is 11.9 Å². The smallest absolute Gasteiger partial charge is 0.406 e. The summed E-state index contributed by atoms with van der Waals surface area (Å²) in [6.07, 6.45) is -3.10. The van der Waals surface area contributed by atoms with E-state index in [0.717, 1.165) is 0 Å². The van der Waals surface area contributed by atoms with Gasteiger partial charge in [-0.3, -0.25) is 14.3 Å². The molecule has 0 saturated carbocycles. The molecule has 0 unspecified atom stereocenters. The van der Waals surface area contributed by atoms with Crippen LogP contribution in [0, 0.1) is 0 Å². The van der Waals surface area contributed by atoms with Crippen molar-refractivity contribution in [2.75, 3.05) is 13.2 Å². The highest BCUT2D eigenvalue weighted by atomic mass is 19.4. The average Bonchev–Trinajstić information content (AvgIpc) is 2.73.